The fraction of sp³-hybridized carbons (Fsp3) is 0.533. The number of anilines is 1. The van der Waals surface area contributed by atoms with Crippen molar-refractivity contribution in [3.8, 4) is 11.5 Å². The van der Waals surface area contributed by atoms with Crippen LogP contribution in [0.3, 0.4) is 0 Å². The molecule has 8 heteroatoms. The molecule has 0 radical (unpaired) electrons. The third kappa shape index (κ3) is 4.94. The summed E-state index contributed by atoms with van der Waals surface area (Å²) in [5, 5.41) is 2.66. The van der Waals surface area contributed by atoms with Crippen LogP contribution in [0, 0.1) is 11.8 Å². The van der Waals surface area contributed by atoms with Gasteiger partial charge in [-0.05, 0) is 37.4 Å². The number of halogens is 3. The zero-order valence-electron chi connectivity index (χ0n) is 12.8. The predicted octanol–water partition coefficient (Wildman–Crippen LogP) is 3.03. The highest BCUT2D eigenvalue weighted by atomic mass is 35.5. The Morgan fingerprint density at radius 1 is 1.43 bits per heavy atom. The second-order valence-corrected chi connectivity index (χ2v) is 5.26. The predicted molar refractivity (Wildman–Crippen MR) is 85.4 cm³/mol. The molecular formula is C15H21ClF2N2O3. The van der Waals surface area contributed by atoms with Crippen LogP contribution in [-0.2, 0) is 4.79 Å². The summed E-state index contributed by atoms with van der Waals surface area (Å²) < 4.78 is 34.4. The minimum Gasteiger partial charge on any atom is -0.497 e. The number of rotatable bonds is 6. The first-order valence-corrected chi connectivity index (χ1v) is 7.19. The van der Waals surface area contributed by atoms with E-state index in [0.717, 1.165) is 19.3 Å². The third-order valence-corrected chi connectivity index (χ3v) is 3.96. The van der Waals surface area contributed by atoms with Crippen LogP contribution >= 0.6 is 12.4 Å². The highest BCUT2D eigenvalue weighted by molar-refractivity contribution is 5.94. The molecule has 0 aromatic heterocycles. The summed E-state index contributed by atoms with van der Waals surface area (Å²) in [4.78, 5) is 12.4. The molecule has 1 saturated carbocycles. The molecule has 1 amide bonds. The Bertz CT molecular complexity index is 531. The van der Waals surface area contributed by atoms with E-state index in [4.69, 9.17) is 10.5 Å². The third-order valence-electron chi connectivity index (χ3n) is 3.96. The maximum Gasteiger partial charge on any atom is 0.387 e. The molecule has 23 heavy (non-hydrogen) atoms. The number of alkyl halides is 2. The van der Waals surface area contributed by atoms with Crippen LogP contribution in [0.15, 0.2) is 18.2 Å². The van der Waals surface area contributed by atoms with Crippen molar-refractivity contribution < 1.29 is 23.0 Å². The lowest BCUT2D eigenvalue weighted by molar-refractivity contribution is -0.120. The van der Waals surface area contributed by atoms with Crippen LogP contribution in [0.5, 0.6) is 11.5 Å². The van der Waals surface area contributed by atoms with Crippen molar-refractivity contribution in [1.82, 2.24) is 0 Å². The number of hydrogen-bond donors (Lipinski definition) is 2. The topological polar surface area (TPSA) is 73.6 Å². The second-order valence-electron chi connectivity index (χ2n) is 5.26. The number of ether oxygens (including phenoxy) is 2. The van der Waals surface area contributed by atoms with Gasteiger partial charge in [0.05, 0.1) is 12.8 Å². The molecule has 130 valence electrons. The van der Waals surface area contributed by atoms with Gasteiger partial charge in [0.15, 0.2) is 0 Å². The van der Waals surface area contributed by atoms with Gasteiger partial charge in [0, 0.05) is 12.0 Å². The van der Waals surface area contributed by atoms with E-state index < -0.39 is 6.61 Å². The van der Waals surface area contributed by atoms with Crippen LogP contribution in [0.25, 0.3) is 0 Å². The first-order valence-electron chi connectivity index (χ1n) is 7.19. The Labute approximate surface area is 139 Å². The highest BCUT2D eigenvalue weighted by Gasteiger charge is 2.32. The lowest BCUT2D eigenvalue weighted by Crippen LogP contribution is -2.30. The molecule has 0 spiro atoms. The van der Waals surface area contributed by atoms with Crippen molar-refractivity contribution in [3.63, 3.8) is 0 Å². The number of hydrogen-bond acceptors (Lipinski definition) is 4. The molecule has 5 nitrogen and oxygen atoms in total. The van der Waals surface area contributed by atoms with Crippen LogP contribution in [0.1, 0.15) is 19.3 Å². The summed E-state index contributed by atoms with van der Waals surface area (Å²) in [6.45, 7) is -2.52. The zero-order chi connectivity index (χ0) is 16.1. The van der Waals surface area contributed by atoms with Gasteiger partial charge < -0.3 is 20.5 Å². The molecule has 3 N–H and O–H groups in total. The van der Waals surface area contributed by atoms with E-state index in [0.29, 0.717) is 12.3 Å². The molecule has 1 fully saturated rings. The Morgan fingerprint density at radius 2 is 2.17 bits per heavy atom. The molecule has 2 rings (SSSR count). The summed E-state index contributed by atoms with van der Waals surface area (Å²) in [6, 6.07) is 4.29. The first-order chi connectivity index (χ1) is 10.5. The SMILES string of the molecule is COc1ccc(OC(F)F)c(NC(=O)[C@@H]2CCC[C@@H]2CN)c1.Cl. The van der Waals surface area contributed by atoms with E-state index in [1.54, 1.807) is 0 Å². The smallest absolute Gasteiger partial charge is 0.387 e. The first kappa shape index (κ1) is 19.4. The maximum atomic E-state index is 12.5. The minimum atomic E-state index is -2.97. The fourth-order valence-electron chi connectivity index (χ4n) is 2.82. The Hall–Kier alpha value is -1.60. The normalized spacial score (nSPS) is 20.0. The van der Waals surface area contributed by atoms with Gasteiger partial charge in [-0.3, -0.25) is 4.79 Å². The number of benzene rings is 1. The summed E-state index contributed by atoms with van der Waals surface area (Å²) >= 11 is 0. The lowest BCUT2D eigenvalue weighted by atomic mass is 9.95. The van der Waals surface area contributed by atoms with E-state index in [1.165, 1.54) is 25.3 Å². The fourth-order valence-corrected chi connectivity index (χ4v) is 2.82. The molecule has 0 saturated heterocycles. The van der Waals surface area contributed by atoms with Crippen molar-refractivity contribution in [1.29, 1.82) is 0 Å². The standard InChI is InChI=1S/C15H20F2N2O3.ClH/c1-21-10-5-6-13(22-15(16)17)12(7-10)19-14(20)11-4-2-3-9(11)8-18;/h5-7,9,11,15H,2-4,8,18H2,1H3,(H,19,20);1H/t9-,11-;/m1./s1. The van der Waals surface area contributed by atoms with E-state index in [2.05, 4.69) is 10.1 Å². The van der Waals surface area contributed by atoms with Crippen molar-refractivity contribution in [2.45, 2.75) is 25.9 Å². The molecule has 0 bridgehead atoms. The molecule has 1 aromatic carbocycles. The Balaban J connectivity index is 0.00000264. The van der Waals surface area contributed by atoms with Gasteiger partial charge in [0.2, 0.25) is 5.91 Å². The molecule has 2 atom stereocenters. The molecule has 0 heterocycles. The van der Waals surface area contributed by atoms with Gasteiger partial charge >= 0.3 is 6.61 Å². The molecular weight excluding hydrogens is 330 g/mol. The summed E-state index contributed by atoms with van der Waals surface area (Å²) in [7, 11) is 1.45. The van der Waals surface area contributed by atoms with E-state index in [9.17, 15) is 13.6 Å². The Kier molecular flexibility index (Phi) is 7.51. The van der Waals surface area contributed by atoms with Crippen LogP contribution in [-0.4, -0.2) is 26.2 Å². The monoisotopic (exact) mass is 350 g/mol. The van der Waals surface area contributed by atoms with Crippen molar-refractivity contribution in [2.75, 3.05) is 19.0 Å². The van der Waals surface area contributed by atoms with Gasteiger partial charge in [-0.25, -0.2) is 0 Å². The van der Waals surface area contributed by atoms with Crippen LogP contribution in [0.2, 0.25) is 0 Å². The average Bonchev–Trinajstić information content (AvgIpc) is 2.97. The quantitative estimate of drug-likeness (QED) is 0.827. The number of nitrogens with two attached hydrogens (primary N) is 1. The van der Waals surface area contributed by atoms with Crippen molar-refractivity contribution in [2.24, 2.45) is 17.6 Å². The minimum absolute atomic E-state index is 0. The number of carbonyl (C=O) groups excluding carboxylic acids is 1. The van der Waals surface area contributed by atoms with Gasteiger partial charge in [-0.1, -0.05) is 6.42 Å². The highest BCUT2D eigenvalue weighted by Crippen LogP contribution is 2.35. The van der Waals surface area contributed by atoms with E-state index >= 15 is 0 Å². The molecule has 1 aliphatic rings. The molecule has 1 aliphatic carbocycles. The van der Waals surface area contributed by atoms with Gasteiger partial charge in [-0.15, -0.1) is 12.4 Å². The molecule has 1 aromatic rings. The van der Waals surface area contributed by atoms with Gasteiger partial charge in [0.25, 0.3) is 0 Å². The average molecular weight is 351 g/mol. The Morgan fingerprint density at radius 3 is 2.78 bits per heavy atom. The van der Waals surface area contributed by atoms with Crippen LogP contribution in [0.4, 0.5) is 14.5 Å². The largest absolute Gasteiger partial charge is 0.497 e. The number of methoxy groups -OCH3 is 1. The molecule has 0 aliphatic heterocycles. The van der Waals surface area contributed by atoms with Crippen LogP contribution < -0.4 is 20.5 Å². The van der Waals surface area contributed by atoms with Crippen molar-refractivity contribution in [3.05, 3.63) is 18.2 Å². The number of nitrogens with one attached hydrogen (secondary N) is 1. The van der Waals surface area contributed by atoms with Gasteiger partial charge in [0.1, 0.15) is 11.5 Å². The summed E-state index contributed by atoms with van der Waals surface area (Å²) in [5.41, 5.74) is 5.85. The summed E-state index contributed by atoms with van der Waals surface area (Å²) in [5.74, 6) is 0.0613. The van der Waals surface area contributed by atoms with Gasteiger partial charge in [-0.2, -0.15) is 8.78 Å². The number of amides is 1. The van der Waals surface area contributed by atoms with E-state index in [-0.39, 0.29) is 41.6 Å². The number of carbonyl (C=O) groups is 1. The van der Waals surface area contributed by atoms with Crippen molar-refractivity contribution >= 4 is 24.0 Å². The molecule has 0 unspecified atom stereocenters. The maximum absolute atomic E-state index is 12.5. The van der Waals surface area contributed by atoms with E-state index in [1.807, 2.05) is 0 Å². The summed E-state index contributed by atoms with van der Waals surface area (Å²) in [6.07, 6.45) is 2.61. The zero-order valence-corrected chi connectivity index (χ0v) is 13.6. The lowest BCUT2D eigenvalue weighted by Gasteiger charge is -2.19. The second kappa shape index (κ2) is 8.88.